The summed E-state index contributed by atoms with van der Waals surface area (Å²) >= 11 is 0. The maximum atomic E-state index is 12.6. The fraction of sp³-hybridized carbons (Fsp3) is 0.200. The molecule has 0 saturated carbocycles. The second-order valence-electron chi connectivity index (χ2n) is 4.51. The van der Waals surface area contributed by atoms with Gasteiger partial charge in [-0.05, 0) is 30.2 Å². The van der Waals surface area contributed by atoms with E-state index in [0.29, 0.717) is 5.56 Å². The number of benzene rings is 2. The van der Waals surface area contributed by atoms with Crippen molar-refractivity contribution in [2.24, 2.45) is 5.73 Å². The maximum absolute atomic E-state index is 12.6. The van der Waals surface area contributed by atoms with Gasteiger partial charge < -0.3 is 5.73 Å². The Balaban J connectivity index is 2.34. The molecule has 1 nitrogen and oxygen atoms in total. The van der Waals surface area contributed by atoms with Crippen molar-refractivity contribution in [3.8, 4) is 0 Å². The van der Waals surface area contributed by atoms with E-state index in [1.54, 1.807) is 6.07 Å². The van der Waals surface area contributed by atoms with E-state index in [1.807, 2.05) is 31.2 Å². The van der Waals surface area contributed by atoms with Crippen molar-refractivity contribution in [1.29, 1.82) is 0 Å². The largest absolute Gasteiger partial charge is 0.416 e. The van der Waals surface area contributed by atoms with Gasteiger partial charge in [-0.25, -0.2) is 0 Å². The molecule has 2 aromatic rings. The van der Waals surface area contributed by atoms with Gasteiger partial charge in [0.2, 0.25) is 0 Å². The molecule has 1 unspecified atom stereocenters. The molecule has 0 spiro atoms. The van der Waals surface area contributed by atoms with Crippen LogP contribution in [0.1, 0.15) is 28.3 Å². The minimum absolute atomic E-state index is 0.457. The molecule has 1 atom stereocenters. The number of nitrogens with two attached hydrogens (primary N) is 1. The Hall–Kier alpha value is -1.81. The molecule has 0 aliphatic rings. The van der Waals surface area contributed by atoms with E-state index in [1.165, 1.54) is 6.07 Å². The van der Waals surface area contributed by atoms with Gasteiger partial charge in [0, 0.05) is 0 Å². The topological polar surface area (TPSA) is 26.0 Å². The van der Waals surface area contributed by atoms with E-state index in [0.717, 1.165) is 23.3 Å². The van der Waals surface area contributed by atoms with Crippen LogP contribution in [0, 0.1) is 6.92 Å². The van der Waals surface area contributed by atoms with E-state index < -0.39 is 17.8 Å². The van der Waals surface area contributed by atoms with Gasteiger partial charge in [0.05, 0.1) is 11.6 Å². The Bertz CT molecular complexity index is 558. The summed E-state index contributed by atoms with van der Waals surface area (Å²) in [6.07, 6.45) is -4.34. The lowest BCUT2D eigenvalue weighted by Crippen LogP contribution is -2.13. The third kappa shape index (κ3) is 3.15. The van der Waals surface area contributed by atoms with E-state index in [-0.39, 0.29) is 0 Å². The lowest BCUT2D eigenvalue weighted by Gasteiger charge is -2.15. The van der Waals surface area contributed by atoms with Crippen LogP contribution in [-0.4, -0.2) is 0 Å². The predicted molar refractivity (Wildman–Crippen MR) is 68.7 cm³/mol. The zero-order valence-electron chi connectivity index (χ0n) is 10.4. The zero-order valence-corrected chi connectivity index (χ0v) is 10.4. The third-order valence-electron chi connectivity index (χ3n) is 3.01. The van der Waals surface area contributed by atoms with Crippen LogP contribution in [0.25, 0.3) is 0 Å². The number of halogens is 3. The molecule has 2 rings (SSSR count). The molecule has 4 heteroatoms. The second-order valence-corrected chi connectivity index (χ2v) is 4.51. The number of hydrogen-bond acceptors (Lipinski definition) is 1. The minimum Gasteiger partial charge on any atom is -0.320 e. The van der Waals surface area contributed by atoms with Crippen LogP contribution in [0.15, 0.2) is 48.5 Å². The van der Waals surface area contributed by atoms with Crippen LogP contribution >= 0.6 is 0 Å². The van der Waals surface area contributed by atoms with Crippen molar-refractivity contribution in [3.05, 3.63) is 70.8 Å². The summed E-state index contributed by atoms with van der Waals surface area (Å²) in [5, 5.41) is 0. The van der Waals surface area contributed by atoms with E-state index in [9.17, 15) is 13.2 Å². The first kappa shape index (κ1) is 13.6. The van der Waals surface area contributed by atoms with Crippen LogP contribution in [0.5, 0.6) is 0 Å². The Morgan fingerprint density at radius 3 is 2.16 bits per heavy atom. The molecule has 2 N–H and O–H groups in total. The molecule has 100 valence electrons. The molecule has 0 bridgehead atoms. The summed E-state index contributed by atoms with van der Waals surface area (Å²) in [6, 6.07) is 12.0. The fourth-order valence-electron chi connectivity index (χ4n) is 1.87. The van der Waals surface area contributed by atoms with Gasteiger partial charge in [0.15, 0.2) is 0 Å². The van der Waals surface area contributed by atoms with Crippen molar-refractivity contribution in [2.75, 3.05) is 0 Å². The van der Waals surface area contributed by atoms with E-state index >= 15 is 0 Å². The fourth-order valence-corrected chi connectivity index (χ4v) is 1.87. The Morgan fingerprint density at radius 2 is 1.58 bits per heavy atom. The molecular formula is C15H14F3N. The molecule has 0 aliphatic heterocycles. The van der Waals surface area contributed by atoms with Crippen LogP contribution in [0.4, 0.5) is 13.2 Å². The van der Waals surface area contributed by atoms with Crippen molar-refractivity contribution < 1.29 is 13.2 Å². The lowest BCUT2D eigenvalue weighted by molar-refractivity contribution is -0.137. The highest BCUT2D eigenvalue weighted by Crippen LogP contribution is 2.31. The molecule has 0 fully saturated rings. The molecule has 0 radical (unpaired) electrons. The zero-order chi connectivity index (χ0) is 14.0. The first-order valence-corrected chi connectivity index (χ1v) is 5.87. The van der Waals surface area contributed by atoms with Gasteiger partial charge in [-0.15, -0.1) is 0 Å². The van der Waals surface area contributed by atoms with Gasteiger partial charge >= 0.3 is 6.18 Å². The Kier molecular flexibility index (Phi) is 3.62. The highest BCUT2D eigenvalue weighted by molar-refractivity contribution is 5.35. The van der Waals surface area contributed by atoms with Crippen LogP contribution in [0.2, 0.25) is 0 Å². The molecule has 19 heavy (non-hydrogen) atoms. The van der Waals surface area contributed by atoms with Gasteiger partial charge in [-0.2, -0.15) is 13.2 Å². The minimum atomic E-state index is -4.34. The van der Waals surface area contributed by atoms with Gasteiger partial charge in [0.25, 0.3) is 0 Å². The number of aryl methyl sites for hydroxylation is 1. The summed E-state index contributed by atoms with van der Waals surface area (Å²) in [5.74, 6) is 0. The molecule has 0 aromatic heterocycles. The van der Waals surface area contributed by atoms with Crippen molar-refractivity contribution >= 4 is 0 Å². The average Bonchev–Trinajstić information content (AvgIpc) is 2.38. The Morgan fingerprint density at radius 1 is 0.947 bits per heavy atom. The Labute approximate surface area is 109 Å². The molecular weight excluding hydrogens is 251 g/mol. The predicted octanol–water partition coefficient (Wildman–Crippen LogP) is 4.06. The van der Waals surface area contributed by atoms with Gasteiger partial charge in [0.1, 0.15) is 0 Å². The van der Waals surface area contributed by atoms with E-state index in [2.05, 4.69) is 0 Å². The molecule has 2 aromatic carbocycles. The third-order valence-corrected chi connectivity index (χ3v) is 3.01. The standard InChI is InChI=1S/C15H14F3N/c1-10-5-7-11(8-6-10)14(19)12-3-2-4-13(9-12)15(16,17)18/h2-9,14H,19H2,1H3. The molecule has 0 aliphatic carbocycles. The second kappa shape index (κ2) is 5.05. The lowest BCUT2D eigenvalue weighted by atomic mass is 9.97. The van der Waals surface area contributed by atoms with Gasteiger partial charge in [-0.3, -0.25) is 0 Å². The van der Waals surface area contributed by atoms with Crippen LogP contribution in [-0.2, 0) is 6.18 Å². The van der Waals surface area contributed by atoms with Crippen LogP contribution < -0.4 is 5.73 Å². The monoisotopic (exact) mass is 265 g/mol. The molecule has 0 amide bonds. The van der Waals surface area contributed by atoms with Crippen molar-refractivity contribution in [1.82, 2.24) is 0 Å². The summed E-state index contributed by atoms with van der Waals surface area (Å²) < 4.78 is 37.9. The number of hydrogen-bond donors (Lipinski definition) is 1. The van der Waals surface area contributed by atoms with Gasteiger partial charge in [-0.1, -0.05) is 42.0 Å². The molecule has 0 saturated heterocycles. The first-order valence-electron chi connectivity index (χ1n) is 5.87. The normalized spacial score (nSPS) is 13.3. The summed E-state index contributed by atoms with van der Waals surface area (Å²) in [4.78, 5) is 0. The molecule has 0 heterocycles. The number of rotatable bonds is 2. The summed E-state index contributed by atoms with van der Waals surface area (Å²) in [5.41, 5.74) is 7.67. The highest BCUT2D eigenvalue weighted by Gasteiger charge is 2.30. The maximum Gasteiger partial charge on any atom is 0.416 e. The summed E-state index contributed by atoms with van der Waals surface area (Å²) in [7, 11) is 0. The first-order chi connectivity index (χ1) is 8.88. The van der Waals surface area contributed by atoms with Crippen molar-refractivity contribution in [2.45, 2.75) is 19.1 Å². The van der Waals surface area contributed by atoms with E-state index in [4.69, 9.17) is 5.73 Å². The summed E-state index contributed by atoms with van der Waals surface area (Å²) in [6.45, 7) is 1.94. The van der Waals surface area contributed by atoms with Crippen LogP contribution in [0.3, 0.4) is 0 Å². The highest BCUT2D eigenvalue weighted by atomic mass is 19.4. The average molecular weight is 265 g/mol. The smallest absolute Gasteiger partial charge is 0.320 e. The SMILES string of the molecule is Cc1ccc(C(N)c2cccc(C(F)(F)F)c2)cc1. The quantitative estimate of drug-likeness (QED) is 0.870. The number of alkyl halides is 3. The van der Waals surface area contributed by atoms with Crippen molar-refractivity contribution in [3.63, 3.8) is 0 Å².